The average molecular weight is 88.1 g/mol. The summed E-state index contributed by atoms with van der Waals surface area (Å²) in [5.41, 5.74) is 10.8. The van der Waals surface area contributed by atoms with Gasteiger partial charge in [-0.15, -0.1) is 0 Å². The monoisotopic (exact) mass is 88.1 g/mol. The molecule has 36 valence electrons. The van der Waals surface area contributed by atoms with Gasteiger partial charge in [0.2, 0.25) is 0 Å². The Bertz CT molecular complexity index is 38.8. The number of nitrogens with two attached hydrogens (primary N) is 1. The second kappa shape index (κ2) is 1.53. The second-order valence-corrected chi connectivity index (χ2v) is 1.18. The van der Waals surface area contributed by atoms with Crippen molar-refractivity contribution in [2.24, 2.45) is 5.73 Å². The highest BCUT2D eigenvalue weighted by Gasteiger charge is 2.02. The quantitative estimate of drug-likeness (QED) is 0.273. The summed E-state index contributed by atoms with van der Waals surface area (Å²) in [4.78, 5) is 0. The lowest BCUT2D eigenvalue weighted by Crippen LogP contribution is -2.41. The SMILES string of the molecule is N[C@@H]1NCNN1. The van der Waals surface area contributed by atoms with Crippen molar-refractivity contribution in [1.82, 2.24) is 16.2 Å². The summed E-state index contributed by atoms with van der Waals surface area (Å²) in [6.45, 7) is 0.751. The minimum absolute atomic E-state index is 0.0648. The van der Waals surface area contributed by atoms with Gasteiger partial charge in [-0.25, -0.2) is 10.9 Å². The molecule has 0 bridgehead atoms. The first-order chi connectivity index (χ1) is 2.89. The zero-order chi connectivity index (χ0) is 4.41. The van der Waals surface area contributed by atoms with Gasteiger partial charge in [-0.05, 0) is 0 Å². The number of hydrogen-bond donors (Lipinski definition) is 4. The van der Waals surface area contributed by atoms with Crippen molar-refractivity contribution >= 4 is 0 Å². The molecule has 1 aliphatic heterocycles. The number of nitrogens with one attached hydrogen (secondary N) is 3. The van der Waals surface area contributed by atoms with Gasteiger partial charge in [-0.2, -0.15) is 0 Å². The van der Waals surface area contributed by atoms with Crippen LogP contribution in [0.1, 0.15) is 0 Å². The number of rotatable bonds is 0. The molecule has 1 heterocycles. The molecule has 1 fully saturated rings. The Kier molecular flexibility index (Phi) is 1.02. The molecule has 1 aliphatic rings. The molecular weight excluding hydrogens is 80.1 g/mol. The molecular formula is C2H8N4. The molecule has 0 amide bonds. The van der Waals surface area contributed by atoms with Crippen molar-refractivity contribution in [3.63, 3.8) is 0 Å². The molecule has 4 nitrogen and oxygen atoms in total. The van der Waals surface area contributed by atoms with Crippen LogP contribution in [0.25, 0.3) is 0 Å². The van der Waals surface area contributed by atoms with Gasteiger partial charge in [0, 0.05) is 0 Å². The van der Waals surface area contributed by atoms with Gasteiger partial charge >= 0.3 is 0 Å². The van der Waals surface area contributed by atoms with Gasteiger partial charge in [0.15, 0.2) is 0 Å². The summed E-state index contributed by atoms with van der Waals surface area (Å²) in [5.74, 6) is 0. The summed E-state index contributed by atoms with van der Waals surface area (Å²) in [6.07, 6.45) is -0.0648. The maximum absolute atomic E-state index is 5.25. The average Bonchev–Trinajstić information content (AvgIpc) is 1.86. The molecule has 0 aromatic rings. The fourth-order valence-corrected chi connectivity index (χ4v) is 0.373. The molecule has 0 aliphatic carbocycles. The maximum Gasteiger partial charge on any atom is 0.123 e. The van der Waals surface area contributed by atoms with Crippen molar-refractivity contribution in [2.75, 3.05) is 6.67 Å². The van der Waals surface area contributed by atoms with Crippen LogP contribution in [0.2, 0.25) is 0 Å². The molecule has 0 spiro atoms. The number of hydrogen-bond acceptors (Lipinski definition) is 4. The van der Waals surface area contributed by atoms with E-state index in [9.17, 15) is 0 Å². The zero-order valence-corrected chi connectivity index (χ0v) is 3.36. The van der Waals surface area contributed by atoms with Crippen molar-refractivity contribution in [3.05, 3.63) is 0 Å². The van der Waals surface area contributed by atoms with Crippen LogP contribution in [0.5, 0.6) is 0 Å². The highest BCUT2D eigenvalue weighted by atomic mass is 15.5. The van der Waals surface area contributed by atoms with Crippen molar-refractivity contribution in [1.29, 1.82) is 0 Å². The van der Waals surface area contributed by atoms with Gasteiger partial charge in [0.1, 0.15) is 6.29 Å². The molecule has 0 aromatic carbocycles. The molecule has 0 unspecified atom stereocenters. The van der Waals surface area contributed by atoms with Crippen LogP contribution in [0, 0.1) is 0 Å². The Balaban J connectivity index is 2.18. The van der Waals surface area contributed by atoms with E-state index in [1.807, 2.05) is 0 Å². The summed E-state index contributed by atoms with van der Waals surface area (Å²) in [7, 11) is 0. The molecule has 6 heavy (non-hydrogen) atoms. The van der Waals surface area contributed by atoms with Crippen LogP contribution < -0.4 is 21.9 Å². The molecule has 4 heteroatoms. The molecule has 1 atom stereocenters. The standard InChI is InChI=1S/C2H8N4/c3-2-4-1-5-6-2/h2,4-6H,1,3H2/t2-/m1/s1. The largest absolute Gasteiger partial charge is 0.303 e. The van der Waals surface area contributed by atoms with Gasteiger partial charge in [0.05, 0.1) is 6.67 Å². The zero-order valence-electron chi connectivity index (χ0n) is 3.36. The third-order valence-corrected chi connectivity index (χ3v) is 0.668. The molecule has 5 N–H and O–H groups in total. The molecule has 0 saturated carbocycles. The van der Waals surface area contributed by atoms with Crippen LogP contribution in [0.3, 0.4) is 0 Å². The van der Waals surface area contributed by atoms with E-state index < -0.39 is 0 Å². The van der Waals surface area contributed by atoms with Crippen LogP contribution in [-0.4, -0.2) is 13.0 Å². The highest BCUT2D eigenvalue weighted by Crippen LogP contribution is 1.62. The normalized spacial score (nSPS) is 34.5. The van der Waals surface area contributed by atoms with Crippen molar-refractivity contribution in [2.45, 2.75) is 6.29 Å². The van der Waals surface area contributed by atoms with Crippen LogP contribution in [0.15, 0.2) is 0 Å². The smallest absolute Gasteiger partial charge is 0.123 e. The first-order valence-corrected chi connectivity index (χ1v) is 1.87. The van der Waals surface area contributed by atoms with Crippen molar-refractivity contribution in [3.8, 4) is 0 Å². The lowest BCUT2D eigenvalue weighted by atomic mass is 10.9. The summed E-state index contributed by atoms with van der Waals surface area (Å²) < 4.78 is 0. The van der Waals surface area contributed by atoms with Crippen molar-refractivity contribution < 1.29 is 0 Å². The predicted molar refractivity (Wildman–Crippen MR) is 22.2 cm³/mol. The Morgan fingerprint density at radius 1 is 1.67 bits per heavy atom. The summed E-state index contributed by atoms with van der Waals surface area (Å²) >= 11 is 0. The van der Waals surface area contributed by atoms with Gasteiger partial charge in [-0.1, -0.05) is 0 Å². The molecule has 1 rings (SSSR count). The maximum atomic E-state index is 5.25. The second-order valence-electron chi connectivity index (χ2n) is 1.18. The van der Waals surface area contributed by atoms with E-state index in [0.29, 0.717) is 0 Å². The van der Waals surface area contributed by atoms with Crippen LogP contribution >= 0.6 is 0 Å². The third-order valence-electron chi connectivity index (χ3n) is 0.668. The Morgan fingerprint density at radius 2 is 2.50 bits per heavy atom. The van der Waals surface area contributed by atoms with Crippen LogP contribution in [0.4, 0.5) is 0 Å². The Morgan fingerprint density at radius 3 is 2.67 bits per heavy atom. The van der Waals surface area contributed by atoms with Crippen LogP contribution in [-0.2, 0) is 0 Å². The Labute approximate surface area is 36.1 Å². The van der Waals surface area contributed by atoms with E-state index in [1.54, 1.807) is 0 Å². The number of hydrazine groups is 1. The molecule has 1 saturated heterocycles. The van der Waals surface area contributed by atoms with Gasteiger partial charge < -0.3 is 5.73 Å². The van der Waals surface area contributed by atoms with Gasteiger partial charge in [-0.3, -0.25) is 5.32 Å². The summed E-state index contributed by atoms with van der Waals surface area (Å²) in [5, 5.41) is 2.88. The minimum atomic E-state index is -0.0648. The van der Waals surface area contributed by atoms with E-state index in [-0.39, 0.29) is 6.29 Å². The third kappa shape index (κ3) is 0.662. The highest BCUT2D eigenvalue weighted by molar-refractivity contribution is 4.56. The lowest BCUT2D eigenvalue weighted by molar-refractivity contribution is 0.547. The fraction of sp³-hybridized carbons (Fsp3) is 1.00. The lowest BCUT2D eigenvalue weighted by Gasteiger charge is -1.96. The topological polar surface area (TPSA) is 62.1 Å². The van der Waals surface area contributed by atoms with E-state index >= 15 is 0 Å². The molecule has 0 radical (unpaired) electrons. The summed E-state index contributed by atoms with van der Waals surface area (Å²) in [6, 6.07) is 0. The van der Waals surface area contributed by atoms with E-state index in [0.717, 1.165) is 6.67 Å². The van der Waals surface area contributed by atoms with E-state index in [1.165, 1.54) is 0 Å². The van der Waals surface area contributed by atoms with Gasteiger partial charge in [0.25, 0.3) is 0 Å². The Hall–Kier alpha value is -0.160. The first-order valence-electron chi connectivity index (χ1n) is 1.87. The molecule has 0 aromatic heterocycles. The fourth-order valence-electron chi connectivity index (χ4n) is 0.373. The predicted octanol–water partition coefficient (Wildman–Crippen LogP) is -2.12. The first kappa shape index (κ1) is 4.01. The minimum Gasteiger partial charge on any atom is -0.303 e. The van der Waals surface area contributed by atoms with E-state index in [2.05, 4.69) is 16.2 Å². The van der Waals surface area contributed by atoms with E-state index in [4.69, 9.17) is 5.73 Å².